The summed E-state index contributed by atoms with van der Waals surface area (Å²) in [5, 5.41) is 4.51. The average molecular weight is 355 g/mol. The monoisotopic (exact) mass is 354 g/mol. The number of halogens is 1. The minimum atomic E-state index is 0.292. The smallest absolute Gasteiger partial charge is 0.0846 e. The number of aryl methyl sites for hydroxylation is 1. The third kappa shape index (κ3) is 4.39. The first kappa shape index (κ1) is 17.9. The molecule has 0 radical (unpaired) electrons. The van der Waals surface area contributed by atoms with Gasteiger partial charge in [-0.3, -0.25) is 0 Å². The van der Waals surface area contributed by atoms with Gasteiger partial charge in [0.2, 0.25) is 0 Å². The van der Waals surface area contributed by atoms with Crippen LogP contribution in [0.15, 0.2) is 54.2 Å². The molecule has 0 aromatic heterocycles. The van der Waals surface area contributed by atoms with E-state index in [1.54, 1.807) is 0 Å². The predicted molar refractivity (Wildman–Crippen MR) is 107 cm³/mol. The number of rotatable bonds is 7. The zero-order chi connectivity index (χ0) is 17.8. The number of anilines is 1. The quantitative estimate of drug-likeness (QED) is 0.664. The van der Waals surface area contributed by atoms with Crippen molar-refractivity contribution in [3.63, 3.8) is 0 Å². The lowest BCUT2D eigenvalue weighted by Gasteiger charge is -2.35. The predicted octanol–water partition coefficient (Wildman–Crippen LogP) is 5.07. The first-order chi connectivity index (χ1) is 12.1. The summed E-state index contributed by atoms with van der Waals surface area (Å²) >= 11 is 6.17. The Balaban J connectivity index is 1.69. The van der Waals surface area contributed by atoms with Gasteiger partial charge in [-0.15, -0.1) is 5.57 Å². The zero-order valence-corrected chi connectivity index (χ0v) is 16.0. The Hall–Kier alpha value is -1.90. The van der Waals surface area contributed by atoms with Crippen molar-refractivity contribution in [2.45, 2.75) is 46.2 Å². The summed E-state index contributed by atoms with van der Waals surface area (Å²) in [6.07, 6.45) is 4.47. The molecule has 3 rings (SSSR count). The van der Waals surface area contributed by atoms with Gasteiger partial charge in [0.25, 0.3) is 0 Å². The van der Waals surface area contributed by atoms with Crippen LogP contribution >= 0.6 is 11.6 Å². The fraction of sp³-hybridized carbons (Fsp3) is 0.318. The van der Waals surface area contributed by atoms with Crippen molar-refractivity contribution in [2.75, 3.05) is 5.32 Å². The van der Waals surface area contributed by atoms with Crippen molar-refractivity contribution in [3.05, 3.63) is 82.5 Å². The normalized spacial score (nSPS) is 17.3. The van der Waals surface area contributed by atoms with E-state index in [2.05, 4.69) is 75.2 Å². The molecule has 0 fully saturated rings. The van der Waals surface area contributed by atoms with Crippen LogP contribution in [0.2, 0.25) is 5.02 Å². The molecule has 0 saturated heterocycles. The molecule has 2 aromatic rings. The van der Waals surface area contributed by atoms with Crippen molar-refractivity contribution in [3.8, 4) is 0 Å². The van der Waals surface area contributed by atoms with Crippen LogP contribution in [-0.4, -0.2) is 0 Å². The highest BCUT2D eigenvalue weighted by Crippen LogP contribution is 2.26. The van der Waals surface area contributed by atoms with E-state index < -0.39 is 0 Å². The van der Waals surface area contributed by atoms with E-state index in [9.17, 15) is 0 Å². The summed E-state index contributed by atoms with van der Waals surface area (Å²) in [7, 11) is 0. The number of benzene rings is 2. The van der Waals surface area contributed by atoms with Crippen molar-refractivity contribution in [1.29, 1.82) is 0 Å². The van der Waals surface area contributed by atoms with Gasteiger partial charge in [0, 0.05) is 16.3 Å². The second kappa shape index (κ2) is 7.99. The fourth-order valence-corrected chi connectivity index (χ4v) is 3.40. The Kier molecular flexibility index (Phi) is 5.72. The third-order valence-electron chi connectivity index (χ3n) is 4.82. The topological polar surface area (TPSA) is 16.5 Å². The molecular weight excluding hydrogens is 328 g/mol. The highest BCUT2D eigenvalue weighted by Gasteiger charge is 2.13. The summed E-state index contributed by atoms with van der Waals surface area (Å²) in [5.41, 5.74) is 6.39. The van der Waals surface area contributed by atoms with E-state index in [1.807, 2.05) is 6.07 Å². The molecule has 1 heterocycles. The molecule has 0 saturated carbocycles. The van der Waals surface area contributed by atoms with Crippen LogP contribution in [0.1, 0.15) is 49.4 Å². The lowest BCUT2D eigenvalue weighted by Crippen LogP contribution is -3.07. The van der Waals surface area contributed by atoms with Crippen LogP contribution in [0.25, 0.3) is 0 Å². The molecule has 2 N–H and O–H groups in total. The second-order valence-corrected chi connectivity index (χ2v) is 7.19. The molecule has 1 unspecified atom stereocenters. The Morgan fingerprint density at radius 3 is 2.64 bits per heavy atom. The van der Waals surface area contributed by atoms with E-state index in [4.69, 9.17) is 11.6 Å². The number of quaternary nitrogens is 1. The van der Waals surface area contributed by atoms with Crippen LogP contribution in [0, 0.1) is 13.5 Å². The highest BCUT2D eigenvalue weighted by atomic mass is 35.5. The first-order valence-corrected chi connectivity index (χ1v) is 9.49. The van der Waals surface area contributed by atoms with Gasteiger partial charge >= 0.3 is 0 Å². The summed E-state index contributed by atoms with van der Waals surface area (Å²) < 4.78 is 0. The van der Waals surface area contributed by atoms with Crippen LogP contribution < -0.4 is 10.2 Å². The summed E-state index contributed by atoms with van der Waals surface area (Å²) in [6, 6.07) is 15.4. The van der Waals surface area contributed by atoms with E-state index in [0.717, 1.165) is 30.0 Å². The summed E-state index contributed by atoms with van der Waals surface area (Å²) in [6.45, 7) is 9.79. The van der Waals surface area contributed by atoms with Gasteiger partial charge < -0.3 is 10.2 Å². The lowest BCUT2D eigenvalue weighted by molar-refractivity contribution is -0.843. The largest absolute Gasteiger partial charge is 0.421 e. The van der Waals surface area contributed by atoms with E-state index >= 15 is 0 Å². The van der Waals surface area contributed by atoms with Gasteiger partial charge in [-0.05, 0) is 55.4 Å². The van der Waals surface area contributed by atoms with Gasteiger partial charge in [0.05, 0.1) is 12.6 Å². The van der Waals surface area contributed by atoms with E-state index in [1.165, 1.54) is 27.3 Å². The Morgan fingerprint density at radius 1 is 1.16 bits per heavy atom. The van der Waals surface area contributed by atoms with Crippen molar-refractivity contribution < 1.29 is 4.90 Å². The number of hydrogen-bond donors (Lipinski definition) is 2. The molecule has 3 heteroatoms. The van der Waals surface area contributed by atoms with Crippen molar-refractivity contribution in [1.82, 2.24) is 0 Å². The first-order valence-electron chi connectivity index (χ1n) is 9.11. The average Bonchev–Trinajstić information content (AvgIpc) is 2.58. The molecular formula is C22H27ClN2. The Bertz CT molecular complexity index is 766. The molecule has 2 atom stereocenters. The number of hydrogen-bond acceptors (Lipinski definition) is 1. The fourth-order valence-electron chi connectivity index (χ4n) is 3.28. The number of nitrogens with one attached hydrogen (secondary N) is 2. The van der Waals surface area contributed by atoms with Gasteiger partial charge in [0.15, 0.2) is 0 Å². The van der Waals surface area contributed by atoms with E-state index in [0.29, 0.717) is 6.04 Å². The second-order valence-electron chi connectivity index (χ2n) is 6.78. The minimum absolute atomic E-state index is 0.292. The standard InChI is InChI=1S/C22H27ClN2/c1-4-17-13-25(14-17)15-18-7-6-8-20(12-18)24-22(5-2)19-9-10-21(23)16(3)11-19/h6-14,22,24-25H,4-5,15H2,1-3H3/t22-/m1/s1. The molecule has 132 valence electrons. The minimum Gasteiger partial charge on any atom is -0.421 e. The molecule has 1 aliphatic rings. The van der Waals surface area contributed by atoms with Gasteiger partial charge in [-0.1, -0.05) is 56.1 Å². The Morgan fingerprint density at radius 2 is 1.96 bits per heavy atom. The van der Waals surface area contributed by atoms with Crippen LogP contribution in [0.4, 0.5) is 5.69 Å². The van der Waals surface area contributed by atoms with Gasteiger partial charge in [-0.25, -0.2) is 0 Å². The maximum atomic E-state index is 6.17. The van der Waals surface area contributed by atoms with Crippen LogP contribution in [0.3, 0.4) is 0 Å². The zero-order valence-electron chi connectivity index (χ0n) is 15.3. The summed E-state index contributed by atoms with van der Waals surface area (Å²) in [4.78, 5) is 1.43. The van der Waals surface area contributed by atoms with Crippen molar-refractivity contribution in [2.24, 2.45) is 0 Å². The SMILES string of the molecule is CCC1=C[NH+](Cc2cccc(N[C@H](CC)c3ccc(Cl)c(C)c3)c2)[CH-]1. The third-order valence-corrected chi connectivity index (χ3v) is 5.24. The van der Waals surface area contributed by atoms with Crippen LogP contribution in [0.5, 0.6) is 0 Å². The molecule has 0 amide bonds. The molecule has 25 heavy (non-hydrogen) atoms. The lowest BCUT2D eigenvalue weighted by atomic mass is 10.0. The van der Waals surface area contributed by atoms with Gasteiger partial charge in [-0.2, -0.15) is 0 Å². The van der Waals surface area contributed by atoms with Gasteiger partial charge in [0.1, 0.15) is 0 Å². The van der Waals surface area contributed by atoms with Crippen LogP contribution in [-0.2, 0) is 6.54 Å². The maximum absolute atomic E-state index is 6.17. The van der Waals surface area contributed by atoms with E-state index in [-0.39, 0.29) is 0 Å². The molecule has 2 nitrogen and oxygen atoms in total. The molecule has 1 aliphatic heterocycles. The maximum Gasteiger partial charge on any atom is 0.0846 e. The molecule has 0 bridgehead atoms. The highest BCUT2D eigenvalue weighted by molar-refractivity contribution is 6.31. The molecule has 2 aromatic carbocycles. The summed E-state index contributed by atoms with van der Waals surface area (Å²) in [5.74, 6) is 0. The van der Waals surface area contributed by atoms with Crippen molar-refractivity contribution >= 4 is 17.3 Å². The Labute approximate surface area is 156 Å². The molecule has 0 aliphatic carbocycles. The molecule has 0 spiro atoms.